The van der Waals surface area contributed by atoms with Gasteiger partial charge < -0.3 is 20.1 Å². The molecular weight excluding hydrogens is 360 g/mol. The number of hydrogen-bond acceptors (Lipinski definition) is 4. The van der Waals surface area contributed by atoms with Gasteiger partial charge in [-0.3, -0.25) is 4.79 Å². The van der Waals surface area contributed by atoms with Gasteiger partial charge in [0.25, 0.3) is 5.91 Å². The molecule has 1 atom stereocenters. The number of hydrogen-bond donors (Lipinski definition) is 2. The molecule has 6 heteroatoms. The number of carbonyl (C=O) groups is 1. The molecule has 0 aromatic heterocycles. The minimum absolute atomic E-state index is 0.0208. The van der Waals surface area contributed by atoms with Crippen LogP contribution in [0.1, 0.15) is 19.8 Å². The van der Waals surface area contributed by atoms with Crippen molar-refractivity contribution in [3.63, 3.8) is 0 Å². The normalized spacial score (nSPS) is 18.2. The van der Waals surface area contributed by atoms with Crippen LogP contribution in [0, 0.1) is 5.41 Å². The topological polar surface area (TPSA) is 59.6 Å². The summed E-state index contributed by atoms with van der Waals surface area (Å²) in [5.41, 5.74) is 0.0208. The summed E-state index contributed by atoms with van der Waals surface area (Å²) in [7, 11) is 1.71. The molecule has 2 rings (SSSR count). The second kappa shape index (κ2) is 8.66. The van der Waals surface area contributed by atoms with E-state index in [2.05, 4.69) is 26.6 Å². The fourth-order valence-corrected chi connectivity index (χ4v) is 3.09. The van der Waals surface area contributed by atoms with Crippen LogP contribution in [0.2, 0.25) is 0 Å². The lowest BCUT2D eigenvalue weighted by molar-refractivity contribution is -0.128. The van der Waals surface area contributed by atoms with E-state index >= 15 is 0 Å². The molecule has 1 fully saturated rings. The standard InChI is InChI=1S/C17H25BrN2O3/c1-13(23-15-5-3-14(18)4-6-15)16(21)20-11-17(12-22-2)7-9-19-10-8-17/h3-6,13,19H,7-12H2,1-2H3,(H,20,21). The predicted molar refractivity (Wildman–Crippen MR) is 93.7 cm³/mol. The minimum atomic E-state index is -0.530. The summed E-state index contributed by atoms with van der Waals surface area (Å²) in [6.07, 6.45) is 1.48. The maximum absolute atomic E-state index is 12.3. The van der Waals surface area contributed by atoms with E-state index < -0.39 is 6.10 Å². The second-order valence-electron chi connectivity index (χ2n) is 6.11. The van der Waals surface area contributed by atoms with Crippen molar-refractivity contribution in [3.05, 3.63) is 28.7 Å². The summed E-state index contributed by atoms with van der Waals surface area (Å²) in [6, 6.07) is 7.46. The molecule has 23 heavy (non-hydrogen) atoms. The van der Waals surface area contributed by atoms with Gasteiger partial charge in [0, 0.05) is 23.5 Å². The highest BCUT2D eigenvalue weighted by Gasteiger charge is 2.33. The van der Waals surface area contributed by atoms with Gasteiger partial charge in [-0.15, -0.1) is 0 Å². The lowest BCUT2D eigenvalue weighted by atomic mass is 9.79. The van der Waals surface area contributed by atoms with Crippen molar-refractivity contribution in [3.8, 4) is 5.75 Å². The molecule has 1 aliphatic rings. The Kier molecular flexibility index (Phi) is 6.87. The van der Waals surface area contributed by atoms with Crippen LogP contribution in [0.3, 0.4) is 0 Å². The molecule has 0 aliphatic carbocycles. The Balaban J connectivity index is 1.85. The molecular formula is C17H25BrN2O3. The van der Waals surface area contributed by atoms with Gasteiger partial charge in [-0.2, -0.15) is 0 Å². The predicted octanol–water partition coefficient (Wildman–Crippen LogP) is 2.35. The number of ether oxygens (including phenoxy) is 2. The summed E-state index contributed by atoms with van der Waals surface area (Å²) < 4.78 is 12.0. The van der Waals surface area contributed by atoms with Crippen LogP contribution in [-0.4, -0.2) is 45.4 Å². The Morgan fingerprint density at radius 2 is 2.00 bits per heavy atom. The molecule has 2 N–H and O–H groups in total. The molecule has 0 radical (unpaired) electrons. The van der Waals surface area contributed by atoms with Crippen LogP contribution >= 0.6 is 15.9 Å². The molecule has 5 nitrogen and oxygen atoms in total. The van der Waals surface area contributed by atoms with Crippen molar-refractivity contribution in [2.75, 3.05) is 33.4 Å². The summed E-state index contributed by atoms with van der Waals surface area (Å²) in [5, 5.41) is 6.38. The first-order valence-corrected chi connectivity index (χ1v) is 8.74. The fourth-order valence-electron chi connectivity index (χ4n) is 2.82. The van der Waals surface area contributed by atoms with Gasteiger partial charge in [0.05, 0.1) is 6.61 Å². The quantitative estimate of drug-likeness (QED) is 0.757. The van der Waals surface area contributed by atoms with E-state index in [1.807, 2.05) is 24.3 Å². The molecule has 1 heterocycles. The Morgan fingerprint density at radius 3 is 2.61 bits per heavy atom. The minimum Gasteiger partial charge on any atom is -0.481 e. The van der Waals surface area contributed by atoms with Gasteiger partial charge in [0.15, 0.2) is 6.10 Å². The smallest absolute Gasteiger partial charge is 0.260 e. The zero-order valence-electron chi connectivity index (χ0n) is 13.7. The summed E-state index contributed by atoms with van der Waals surface area (Å²) in [6.45, 7) is 4.98. The van der Waals surface area contributed by atoms with E-state index in [0.29, 0.717) is 18.9 Å². The van der Waals surface area contributed by atoms with Crippen molar-refractivity contribution in [1.82, 2.24) is 10.6 Å². The van der Waals surface area contributed by atoms with E-state index in [-0.39, 0.29) is 11.3 Å². The second-order valence-corrected chi connectivity index (χ2v) is 7.03. The number of benzene rings is 1. The highest BCUT2D eigenvalue weighted by Crippen LogP contribution is 2.28. The molecule has 1 unspecified atom stereocenters. The molecule has 1 aliphatic heterocycles. The number of nitrogens with one attached hydrogen (secondary N) is 2. The number of rotatable bonds is 7. The number of amides is 1. The number of halogens is 1. The number of methoxy groups -OCH3 is 1. The summed E-state index contributed by atoms with van der Waals surface area (Å²) in [5.74, 6) is 0.589. The molecule has 0 saturated carbocycles. The average molecular weight is 385 g/mol. The third-order valence-corrected chi connectivity index (χ3v) is 4.78. The van der Waals surface area contributed by atoms with Crippen molar-refractivity contribution < 1.29 is 14.3 Å². The van der Waals surface area contributed by atoms with Gasteiger partial charge in [-0.1, -0.05) is 15.9 Å². The van der Waals surface area contributed by atoms with E-state index in [4.69, 9.17) is 9.47 Å². The van der Waals surface area contributed by atoms with Crippen molar-refractivity contribution in [2.24, 2.45) is 5.41 Å². The van der Waals surface area contributed by atoms with Crippen molar-refractivity contribution in [1.29, 1.82) is 0 Å². The van der Waals surface area contributed by atoms with Gasteiger partial charge in [-0.05, 0) is 57.1 Å². The number of carbonyl (C=O) groups excluding carboxylic acids is 1. The largest absolute Gasteiger partial charge is 0.481 e. The highest BCUT2D eigenvalue weighted by molar-refractivity contribution is 9.10. The molecule has 1 aromatic rings. The first kappa shape index (κ1) is 18.2. The average Bonchev–Trinajstić information content (AvgIpc) is 2.56. The zero-order chi connectivity index (χ0) is 16.7. The number of piperidine rings is 1. The highest BCUT2D eigenvalue weighted by atomic mass is 79.9. The molecule has 128 valence electrons. The van der Waals surface area contributed by atoms with Crippen LogP contribution in [0.4, 0.5) is 0 Å². The Hall–Kier alpha value is -1.11. The third-order valence-electron chi connectivity index (χ3n) is 4.25. The zero-order valence-corrected chi connectivity index (χ0v) is 15.3. The van der Waals surface area contributed by atoms with Crippen LogP contribution < -0.4 is 15.4 Å². The van der Waals surface area contributed by atoms with Gasteiger partial charge in [-0.25, -0.2) is 0 Å². The first-order valence-electron chi connectivity index (χ1n) is 7.94. The van der Waals surface area contributed by atoms with Crippen LogP contribution in [0.25, 0.3) is 0 Å². The Morgan fingerprint density at radius 1 is 1.35 bits per heavy atom. The Bertz CT molecular complexity index is 496. The van der Waals surface area contributed by atoms with Crippen molar-refractivity contribution in [2.45, 2.75) is 25.9 Å². The van der Waals surface area contributed by atoms with E-state index in [9.17, 15) is 4.79 Å². The van der Waals surface area contributed by atoms with Gasteiger partial charge in [0.2, 0.25) is 0 Å². The molecule has 1 aromatic carbocycles. The molecule has 0 bridgehead atoms. The van der Waals surface area contributed by atoms with Crippen LogP contribution in [0.5, 0.6) is 5.75 Å². The Labute approximate surface area is 146 Å². The van der Waals surface area contributed by atoms with Gasteiger partial charge in [0.1, 0.15) is 5.75 Å². The van der Waals surface area contributed by atoms with E-state index in [1.165, 1.54) is 0 Å². The molecule has 1 amide bonds. The molecule has 1 saturated heterocycles. The maximum atomic E-state index is 12.3. The monoisotopic (exact) mass is 384 g/mol. The van der Waals surface area contributed by atoms with Crippen LogP contribution in [0.15, 0.2) is 28.7 Å². The van der Waals surface area contributed by atoms with E-state index in [0.717, 1.165) is 30.4 Å². The first-order chi connectivity index (χ1) is 11.0. The van der Waals surface area contributed by atoms with Crippen LogP contribution in [-0.2, 0) is 9.53 Å². The van der Waals surface area contributed by atoms with E-state index in [1.54, 1.807) is 14.0 Å². The third kappa shape index (κ3) is 5.48. The van der Waals surface area contributed by atoms with Gasteiger partial charge >= 0.3 is 0 Å². The lowest BCUT2D eigenvalue weighted by Crippen LogP contribution is -2.49. The summed E-state index contributed by atoms with van der Waals surface area (Å²) >= 11 is 3.38. The molecule has 0 spiro atoms. The fraction of sp³-hybridized carbons (Fsp3) is 0.588. The lowest BCUT2D eigenvalue weighted by Gasteiger charge is -2.37. The summed E-state index contributed by atoms with van der Waals surface area (Å²) in [4.78, 5) is 12.3. The van der Waals surface area contributed by atoms with Crippen molar-refractivity contribution >= 4 is 21.8 Å². The SMILES string of the molecule is COCC1(CNC(=O)C(C)Oc2ccc(Br)cc2)CCNCC1. The maximum Gasteiger partial charge on any atom is 0.260 e.